The molecule has 1 aromatic carbocycles. The Kier molecular flexibility index (Phi) is 7.41. The van der Waals surface area contributed by atoms with Crippen LogP contribution in [-0.4, -0.2) is 56.7 Å². The number of nitrogens with zero attached hydrogens (tertiary/aromatic N) is 3. The first kappa shape index (κ1) is 19.4. The van der Waals surface area contributed by atoms with Crippen LogP contribution in [0.1, 0.15) is 39.2 Å². The molecule has 1 saturated heterocycles. The molecule has 5 nitrogen and oxygen atoms in total. The van der Waals surface area contributed by atoms with E-state index in [1.807, 2.05) is 4.90 Å². The van der Waals surface area contributed by atoms with E-state index >= 15 is 0 Å². The SMILES string of the molecule is CCCCNC(=O)N1CCN(c2ccc(N(CC)CC)cc2C)CC1. The van der Waals surface area contributed by atoms with E-state index in [1.54, 1.807) is 0 Å². The standard InChI is InChI=1S/C20H34N4O/c1-5-8-11-21-20(25)24-14-12-23(13-15-24)19-10-9-18(16-17(19)4)22(6-2)7-3/h9-10,16H,5-8,11-15H2,1-4H3,(H,21,25). The van der Waals surface area contributed by atoms with Crippen LogP contribution in [-0.2, 0) is 0 Å². The van der Waals surface area contributed by atoms with E-state index in [0.717, 1.165) is 58.7 Å². The van der Waals surface area contributed by atoms with Gasteiger partial charge in [0.05, 0.1) is 0 Å². The molecular weight excluding hydrogens is 312 g/mol. The summed E-state index contributed by atoms with van der Waals surface area (Å²) >= 11 is 0. The second-order valence-electron chi connectivity index (χ2n) is 6.70. The van der Waals surface area contributed by atoms with Crippen molar-refractivity contribution in [1.29, 1.82) is 0 Å². The van der Waals surface area contributed by atoms with Gasteiger partial charge in [0.2, 0.25) is 0 Å². The molecule has 1 heterocycles. The highest BCUT2D eigenvalue weighted by atomic mass is 16.2. The van der Waals surface area contributed by atoms with Crippen molar-refractivity contribution in [2.24, 2.45) is 0 Å². The molecule has 0 unspecified atom stereocenters. The van der Waals surface area contributed by atoms with E-state index in [2.05, 4.69) is 61.0 Å². The number of unbranched alkanes of at least 4 members (excludes halogenated alkanes) is 1. The molecule has 0 spiro atoms. The van der Waals surface area contributed by atoms with Crippen LogP contribution in [0.25, 0.3) is 0 Å². The van der Waals surface area contributed by atoms with Crippen molar-refractivity contribution in [3.8, 4) is 0 Å². The number of anilines is 2. The highest BCUT2D eigenvalue weighted by Crippen LogP contribution is 2.26. The number of piperazine rings is 1. The van der Waals surface area contributed by atoms with E-state index in [-0.39, 0.29) is 6.03 Å². The largest absolute Gasteiger partial charge is 0.372 e. The fourth-order valence-electron chi connectivity index (χ4n) is 3.41. The maximum Gasteiger partial charge on any atom is 0.317 e. The Hall–Kier alpha value is -1.91. The average molecular weight is 347 g/mol. The minimum absolute atomic E-state index is 0.0849. The molecule has 0 saturated carbocycles. The molecule has 1 aliphatic heterocycles. The highest BCUT2D eigenvalue weighted by Gasteiger charge is 2.22. The average Bonchev–Trinajstić information content (AvgIpc) is 2.63. The van der Waals surface area contributed by atoms with Crippen LogP contribution in [0, 0.1) is 6.92 Å². The van der Waals surface area contributed by atoms with Gasteiger partial charge in [-0.25, -0.2) is 4.79 Å². The second kappa shape index (κ2) is 9.54. The van der Waals surface area contributed by atoms with Crippen LogP contribution in [0.15, 0.2) is 18.2 Å². The number of hydrogen-bond donors (Lipinski definition) is 1. The quantitative estimate of drug-likeness (QED) is 0.768. The number of carbonyl (C=O) groups is 1. The molecule has 0 aliphatic carbocycles. The van der Waals surface area contributed by atoms with E-state index < -0.39 is 0 Å². The molecule has 2 rings (SSSR count). The van der Waals surface area contributed by atoms with E-state index in [1.165, 1.54) is 16.9 Å². The summed E-state index contributed by atoms with van der Waals surface area (Å²) in [5.41, 5.74) is 3.90. The van der Waals surface area contributed by atoms with Gasteiger partial charge in [-0.05, 0) is 51.0 Å². The zero-order valence-corrected chi connectivity index (χ0v) is 16.3. The van der Waals surface area contributed by atoms with E-state index in [9.17, 15) is 4.79 Å². The smallest absolute Gasteiger partial charge is 0.317 e. The fourth-order valence-corrected chi connectivity index (χ4v) is 3.41. The van der Waals surface area contributed by atoms with Gasteiger partial charge < -0.3 is 20.0 Å². The van der Waals surface area contributed by atoms with Crippen LogP contribution < -0.4 is 15.1 Å². The lowest BCUT2D eigenvalue weighted by molar-refractivity contribution is 0.194. The topological polar surface area (TPSA) is 38.8 Å². The molecule has 0 aromatic heterocycles. The molecule has 2 amide bonds. The predicted molar refractivity (Wildman–Crippen MR) is 107 cm³/mol. The Balaban J connectivity index is 1.93. The van der Waals surface area contributed by atoms with Gasteiger partial charge in [-0.15, -0.1) is 0 Å². The Morgan fingerprint density at radius 2 is 1.80 bits per heavy atom. The first-order valence-electron chi connectivity index (χ1n) is 9.74. The van der Waals surface area contributed by atoms with Gasteiger partial charge in [-0.2, -0.15) is 0 Å². The molecule has 1 aliphatic rings. The van der Waals surface area contributed by atoms with E-state index in [4.69, 9.17) is 0 Å². The minimum Gasteiger partial charge on any atom is -0.372 e. The summed E-state index contributed by atoms with van der Waals surface area (Å²) in [6.07, 6.45) is 2.15. The number of carbonyl (C=O) groups excluding carboxylic acids is 1. The maximum absolute atomic E-state index is 12.2. The van der Waals surface area contributed by atoms with Gasteiger partial charge in [0, 0.05) is 57.2 Å². The molecule has 1 fully saturated rings. The number of amides is 2. The molecule has 0 bridgehead atoms. The Morgan fingerprint density at radius 1 is 1.12 bits per heavy atom. The highest BCUT2D eigenvalue weighted by molar-refractivity contribution is 5.74. The molecule has 1 N–H and O–H groups in total. The number of hydrogen-bond acceptors (Lipinski definition) is 3. The van der Waals surface area contributed by atoms with Crippen molar-refractivity contribution in [2.75, 3.05) is 55.6 Å². The lowest BCUT2D eigenvalue weighted by Crippen LogP contribution is -2.52. The summed E-state index contributed by atoms with van der Waals surface area (Å²) in [6, 6.07) is 6.83. The number of aryl methyl sites for hydroxylation is 1. The lowest BCUT2D eigenvalue weighted by Gasteiger charge is -2.37. The van der Waals surface area contributed by atoms with Gasteiger partial charge in [0.15, 0.2) is 0 Å². The number of nitrogens with one attached hydrogen (secondary N) is 1. The summed E-state index contributed by atoms with van der Waals surface area (Å²) in [6.45, 7) is 14.9. The molecule has 140 valence electrons. The summed E-state index contributed by atoms with van der Waals surface area (Å²) in [5.74, 6) is 0. The first-order valence-corrected chi connectivity index (χ1v) is 9.74. The Bertz CT molecular complexity index is 549. The predicted octanol–water partition coefficient (Wildman–Crippen LogP) is 3.47. The number of benzene rings is 1. The third kappa shape index (κ3) is 5.03. The van der Waals surface area contributed by atoms with Crippen LogP contribution in [0.2, 0.25) is 0 Å². The summed E-state index contributed by atoms with van der Waals surface area (Å²) in [7, 11) is 0. The zero-order chi connectivity index (χ0) is 18.2. The van der Waals surface area contributed by atoms with Crippen LogP contribution in [0.3, 0.4) is 0 Å². The second-order valence-corrected chi connectivity index (χ2v) is 6.70. The molecule has 0 radical (unpaired) electrons. The normalized spacial score (nSPS) is 14.6. The van der Waals surface area contributed by atoms with Gasteiger partial charge in [0.1, 0.15) is 0 Å². The number of urea groups is 1. The van der Waals surface area contributed by atoms with Crippen LogP contribution in [0.5, 0.6) is 0 Å². The van der Waals surface area contributed by atoms with Crippen LogP contribution >= 0.6 is 0 Å². The summed E-state index contributed by atoms with van der Waals surface area (Å²) < 4.78 is 0. The van der Waals surface area contributed by atoms with Crippen molar-refractivity contribution < 1.29 is 4.79 Å². The van der Waals surface area contributed by atoms with Crippen molar-refractivity contribution in [3.05, 3.63) is 23.8 Å². The third-order valence-electron chi connectivity index (χ3n) is 5.02. The van der Waals surface area contributed by atoms with Crippen molar-refractivity contribution in [2.45, 2.75) is 40.5 Å². The lowest BCUT2D eigenvalue weighted by atomic mass is 10.1. The van der Waals surface area contributed by atoms with Gasteiger partial charge in [-0.1, -0.05) is 13.3 Å². The molecule has 0 atom stereocenters. The molecule has 5 heteroatoms. The minimum atomic E-state index is 0.0849. The molecule has 1 aromatic rings. The third-order valence-corrected chi connectivity index (χ3v) is 5.02. The fraction of sp³-hybridized carbons (Fsp3) is 0.650. The van der Waals surface area contributed by atoms with Crippen LogP contribution in [0.4, 0.5) is 16.2 Å². The number of rotatable bonds is 7. The Morgan fingerprint density at radius 3 is 2.36 bits per heavy atom. The van der Waals surface area contributed by atoms with Gasteiger partial charge >= 0.3 is 6.03 Å². The summed E-state index contributed by atoms with van der Waals surface area (Å²) in [4.78, 5) is 18.9. The Labute approximate surface area is 153 Å². The zero-order valence-electron chi connectivity index (χ0n) is 16.3. The molecular formula is C20H34N4O. The van der Waals surface area contributed by atoms with E-state index in [0.29, 0.717) is 0 Å². The monoisotopic (exact) mass is 346 g/mol. The maximum atomic E-state index is 12.2. The van der Waals surface area contributed by atoms with Crippen molar-refractivity contribution >= 4 is 17.4 Å². The summed E-state index contributed by atoms with van der Waals surface area (Å²) in [5, 5.41) is 3.02. The first-order chi connectivity index (χ1) is 12.1. The van der Waals surface area contributed by atoms with Crippen molar-refractivity contribution in [3.63, 3.8) is 0 Å². The van der Waals surface area contributed by atoms with Gasteiger partial charge in [-0.3, -0.25) is 0 Å². The van der Waals surface area contributed by atoms with Gasteiger partial charge in [0.25, 0.3) is 0 Å². The van der Waals surface area contributed by atoms with Crippen molar-refractivity contribution in [1.82, 2.24) is 10.2 Å². The molecule has 25 heavy (non-hydrogen) atoms.